The molecule has 1 aromatic carbocycles. The summed E-state index contributed by atoms with van der Waals surface area (Å²) >= 11 is 1.89. The molecule has 1 aromatic rings. The SMILES string of the molecule is CN=C(NCCCSC)NC1CCCN(Cc2ccccc2)C1. The van der Waals surface area contributed by atoms with Gasteiger partial charge in [-0.3, -0.25) is 9.89 Å². The molecule has 1 heterocycles. The maximum absolute atomic E-state index is 4.36. The molecular formula is C18H30N4S. The smallest absolute Gasteiger partial charge is 0.191 e. The van der Waals surface area contributed by atoms with Gasteiger partial charge < -0.3 is 10.6 Å². The second-order valence-electron chi connectivity index (χ2n) is 6.05. The normalized spacial score (nSPS) is 19.6. The van der Waals surface area contributed by atoms with Gasteiger partial charge in [0, 0.05) is 32.7 Å². The molecule has 1 aliphatic rings. The predicted molar refractivity (Wildman–Crippen MR) is 102 cm³/mol. The van der Waals surface area contributed by atoms with Crippen LogP contribution in [0, 0.1) is 0 Å². The molecule has 2 N–H and O–H groups in total. The summed E-state index contributed by atoms with van der Waals surface area (Å²) in [5.74, 6) is 2.14. The molecule has 1 saturated heterocycles. The fourth-order valence-corrected chi connectivity index (χ4v) is 3.40. The van der Waals surface area contributed by atoms with E-state index < -0.39 is 0 Å². The molecule has 23 heavy (non-hydrogen) atoms. The number of hydrogen-bond donors (Lipinski definition) is 2. The van der Waals surface area contributed by atoms with Crippen molar-refractivity contribution in [3.05, 3.63) is 35.9 Å². The summed E-state index contributed by atoms with van der Waals surface area (Å²) in [4.78, 5) is 6.90. The topological polar surface area (TPSA) is 39.7 Å². The third-order valence-electron chi connectivity index (χ3n) is 4.14. The number of guanidine groups is 1. The van der Waals surface area contributed by atoms with Gasteiger partial charge in [-0.05, 0) is 43.4 Å². The van der Waals surface area contributed by atoms with Crippen molar-refractivity contribution in [1.82, 2.24) is 15.5 Å². The predicted octanol–water partition coefficient (Wildman–Crippen LogP) is 2.57. The highest BCUT2D eigenvalue weighted by Gasteiger charge is 2.20. The molecule has 4 nitrogen and oxygen atoms in total. The van der Waals surface area contributed by atoms with Gasteiger partial charge in [0.25, 0.3) is 0 Å². The van der Waals surface area contributed by atoms with E-state index in [1.165, 1.54) is 37.1 Å². The highest BCUT2D eigenvalue weighted by molar-refractivity contribution is 7.98. The van der Waals surface area contributed by atoms with Gasteiger partial charge in [0.05, 0.1) is 0 Å². The maximum atomic E-state index is 4.36. The van der Waals surface area contributed by atoms with E-state index in [-0.39, 0.29) is 0 Å². The third kappa shape index (κ3) is 6.83. The fraction of sp³-hybridized carbons (Fsp3) is 0.611. The van der Waals surface area contributed by atoms with Gasteiger partial charge in [-0.2, -0.15) is 11.8 Å². The number of aliphatic imine (C=N–C) groups is 1. The lowest BCUT2D eigenvalue weighted by Gasteiger charge is -2.34. The molecule has 0 saturated carbocycles. The van der Waals surface area contributed by atoms with Crippen LogP contribution in [0.4, 0.5) is 0 Å². The summed E-state index contributed by atoms with van der Waals surface area (Å²) in [5.41, 5.74) is 1.40. The van der Waals surface area contributed by atoms with Crippen LogP contribution in [0.3, 0.4) is 0 Å². The average Bonchev–Trinajstić information content (AvgIpc) is 2.59. The molecule has 1 unspecified atom stereocenters. The molecule has 1 fully saturated rings. The highest BCUT2D eigenvalue weighted by atomic mass is 32.2. The summed E-state index contributed by atoms with van der Waals surface area (Å²) in [6, 6.07) is 11.2. The summed E-state index contributed by atoms with van der Waals surface area (Å²) in [6.07, 6.45) is 5.79. The van der Waals surface area contributed by atoms with E-state index in [2.05, 4.69) is 57.1 Å². The van der Waals surface area contributed by atoms with Crippen LogP contribution in [-0.4, -0.2) is 55.6 Å². The number of piperidine rings is 1. The third-order valence-corrected chi connectivity index (χ3v) is 4.83. The van der Waals surface area contributed by atoms with Crippen LogP contribution in [0.5, 0.6) is 0 Å². The quantitative estimate of drug-likeness (QED) is 0.457. The standard InChI is InChI=1S/C18H30N4S/c1-19-18(20-11-7-13-23-2)21-17-10-6-12-22(15-17)14-16-8-4-3-5-9-16/h3-5,8-9,17H,6-7,10-15H2,1-2H3,(H2,19,20,21). The van der Waals surface area contributed by atoms with Crippen molar-refractivity contribution >= 4 is 17.7 Å². The van der Waals surface area contributed by atoms with Gasteiger partial charge in [0.1, 0.15) is 0 Å². The Bertz CT molecular complexity index is 463. The molecule has 0 amide bonds. The molecule has 0 aromatic heterocycles. The molecule has 1 atom stereocenters. The van der Waals surface area contributed by atoms with Crippen LogP contribution in [0.25, 0.3) is 0 Å². The average molecular weight is 335 g/mol. The minimum Gasteiger partial charge on any atom is -0.356 e. The largest absolute Gasteiger partial charge is 0.356 e. The molecule has 5 heteroatoms. The van der Waals surface area contributed by atoms with Gasteiger partial charge in [-0.1, -0.05) is 30.3 Å². The second kappa shape index (κ2) is 10.6. The highest BCUT2D eigenvalue weighted by Crippen LogP contribution is 2.13. The van der Waals surface area contributed by atoms with E-state index in [1.807, 2.05) is 18.8 Å². The van der Waals surface area contributed by atoms with Gasteiger partial charge >= 0.3 is 0 Å². The lowest BCUT2D eigenvalue weighted by molar-refractivity contribution is 0.192. The molecule has 128 valence electrons. The Kier molecular flexibility index (Phi) is 8.32. The van der Waals surface area contributed by atoms with Crippen LogP contribution in [0.15, 0.2) is 35.3 Å². The van der Waals surface area contributed by atoms with Crippen molar-refractivity contribution in [3.63, 3.8) is 0 Å². The van der Waals surface area contributed by atoms with Gasteiger partial charge in [0.2, 0.25) is 0 Å². The monoisotopic (exact) mass is 334 g/mol. The number of hydrogen-bond acceptors (Lipinski definition) is 3. The Morgan fingerprint density at radius 3 is 2.91 bits per heavy atom. The molecule has 2 rings (SSSR count). The Morgan fingerprint density at radius 1 is 1.35 bits per heavy atom. The number of nitrogens with zero attached hydrogens (tertiary/aromatic N) is 2. The summed E-state index contributed by atoms with van der Waals surface area (Å²) in [7, 11) is 1.86. The van der Waals surface area contributed by atoms with Crippen molar-refractivity contribution in [3.8, 4) is 0 Å². The van der Waals surface area contributed by atoms with Gasteiger partial charge in [-0.25, -0.2) is 0 Å². The van der Waals surface area contributed by atoms with Crippen LogP contribution in [-0.2, 0) is 6.54 Å². The van der Waals surface area contributed by atoms with E-state index in [4.69, 9.17) is 0 Å². The van der Waals surface area contributed by atoms with Gasteiger partial charge in [0.15, 0.2) is 5.96 Å². The Labute approximate surface area is 145 Å². The summed E-state index contributed by atoms with van der Waals surface area (Å²) in [5, 5.41) is 7.01. The van der Waals surface area contributed by atoms with Crippen molar-refractivity contribution in [2.24, 2.45) is 4.99 Å². The zero-order chi connectivity index (χ0) is 16.3. The second-order valence-corrected chi connectivity index (χ2v) is 7.04. The molecule has 0 spiro atoms. The number of rotatable bonds is 7. The maximum Gasteiger partial charge on any atom is 0.191 e. The van der Waals surface area contributed by atoms with Crippen LogP contribution >= 0.6 is 11.8 Å². The van der Waals surface area contributed by atoms with Crippen molar-refractivity contribution in [2.75, 3.05) is 38.7 Å². The lowest BCUT2D eigenvalue weighted by Crippen LogP contribution is -2.51. The Hall–Kier alpha value is -1.20. The number of benzene rings is 1. The first-order valence-corrected chi connectivity index (χ1v) is 9.93. The van der Waals surface area contributed by atoms with Crippen molar-refractivity contribution in [2.45, 2.75) is 31.8 Å². The molecule has 0 bridgehead atoms. The molecular weight excluding hydrogens is 304 g/mol. The van der Waals surface area contributed by atoms with Crippen LogP contribution in [0.2, 0.25) is 0 Å². The van der Waals surface area contributed by atoms with E-state index in [0.29, 0.717) is 6.04 Å². The Morgan fingerprint density at radius 2 is 2.17 bits per heavy atom. The summed E-state index contributed by atoms with van der Waals surface area (Å²) < 4.78 is 0. The minimum absolute atomic E-state index is 0.485. The van der Waals surface area contributed by atoms with E-state index in [1.54, 1.807) is 0 Å². The van der Waals surface area contributed by atoms with E-state index >= 15 is 0 Å². The van der Waals surface area contributed by atoms with E-state index in [9.17, 15) is 0 Å². The van der Waals surface area contributed by atoms with Crippen LogP contribution in [0.1, 0.15) is 24.8 Å². The van der Waals surface area contributed by atoms with Crippen molar-refractivity contribution in [1.29, 1.82) is 0 Å². The van der Waals surface area contributed by atoms with E-state index in [0.717, 1.165) is 25.6 Å². The molecule has 1 aliphatic heterocycles. The first-order valence-electron chi connectivity index (χ1n) is 8.54. The zero-order valence-corrected chi connectivity index (χ0v) is 15.2. The minimum atomic E-state index is 0.485. The van der Waals surface area contributed by atoms with Gasteiger partial charge in [-0.15, -0.1) is 0 Å². The van der Waals surface area contributed by atoms with Crippen LogP contribution < -0.4 is 10.6 Å². The Balaban J connectivity index is 1.76. The zero-order valence-electron chi connectivity index (χ0n) is 14.4. The first kappa shape index (κ1) is 18.1. The fourth-order valence-electron chi connectivity index (χ4n) is 2.97. The molecule has 0 radical (unpaired) electrons. The molecule has 0 aliphatic carbocycles. The number of likely N-dealkylation sites (tertiary alicyclic amines) is 1. The number of thioether (sulfide) groups is 1. The van der Waals surface area contributed by atoms with Crippen molar-refractivity contribution < 1.29 is 0 Å². The lowest BCUT2D eigenvalue weighted by atomic mass is 10.0. The number of nitrogens with one attached hydrogen (secondary N) is 2. The first-order chi connectivity index (χ1) is 11.3. The summed E-state index contributed by atoms with van der Waals surface area (Å²) in [6.45, 7) is 4.30.